The number of nitrogens with one attached hydrogen (secondary N) is 4. The van der Waals surface area contributed by atoms with E-state index in [9.17, 15) is 14.7 Å². The van der Waals surface area contributed by atoms with Crippen LogP contribution in [0.15, 0.2) is 84.9 Å². The van der Waals surface area contributed by atoms with E-state index in [1.807, 2.05) is 73.7 Å². The summed E-state index contributed by atoms with van der Waals surface area (Å²) in [5, 5.41) is 22.1. The topological polar surface area (TPSA) is 102 Å². The molecule has 0 amide bonds. The third kappa shape index (κ3) is 5.78. The Kier molecular flexibility index (Phi) is 6.97. The molecule has 0 aliphatic carbocycles. The number of carboxylic acid groups (broad SMARTS) is 1. The monoisotopic (exact) mass is 466 g/mol. The zero-order chi connectivity index (χ0) is 24.8. The fourth-order valence-corrected chi connectivity index (χ4v) is 3.63. The van der Waals surface area contributed by atoms with Crippen molar-refractivity contribution in [3.8, 4) is 0 Å². The maximum atomic E-state index is 11.7. The number of aromatic carboxylic acids is 1. The van der Waals surface area contributed by atoms with Gasteiger partial charge in [-0.15, -0.1) is 0 Å². The second-order valence-electron chi connectivity index (χ2n) is 8.05. The lowest BCUT2D eigenvalue weighted by molar-refractivity contribution is 0.0698. The number of benzene rings is 4. The van der Waals surface area contributed by atoms with E-state index in [1.54, 1.807) is 25.2 Å². The van der Waals surface area contributed by atoms with Crippen LogP contribution in [0, 0.1) is 6.92 Å². The Balaban J connectivity index is 1.45. The number of carbonyl (C=O) groups is 2. The summed E-state index contributed by atoms with van der Waals surface area (Å²) in [6.45, 7) is 2.04. The van der Waals surface area contributed by atoms with Gasteiger partial charge in [0.2, 0.25) is 0 Å². The first-order chi connectivity index (χ1) is 16.9. The largest absolute Gasteiger partial charge is 0.478 e. The number of carboxylic acids is 1. The van der Waals surface area contributed by atoms with E-state index < -0.39 is 5.97 Å². The smallest absolute Gasteiger partial charge is 0.337 e. The SMILES string of the molecule is CNc1ccc(Nc2ccc(Nc3ccc(Nc4ccc(C)cc4)cc3C=O)cc2)cc1C(=O)O. The van der Waals surface area contributed by atoms with Gasteiger partial charge in [0.1, 0.15) is 0 Å². The van der Waals surface area contributed by atoms with Crippen LogP contribution in [0.4, 0.5) is 39.8 Å². The van der Waals surface area contributed by atoms with Crippen molar-refractivity contribution < 1.29 is 14.7 Å². The molecule has 0 aliphatic rings. The fraction of sp³-hybridized carbons (Fsp3) is 0.0714. The zero-order valence-corrected chi connectivity index (χ0v) is 19.4. The van der Waals surface area contributed by atoms with E-state index in [0.29, 0.717) is 22.6 Å². The van der Waals surface area contributed by atoms with Gasteiger partial charge in [0.15, 0.2) is 6.29 Å². The predicted octanol–water partition coefficient (Wildman–Crippen LogP) is 6.78. The Morgan fingerprint density at radius 1 is 0.686 bits per heavy atom. The molecule has 176 valence electrons. The van der Waals surface area contributed by atoms with Gasteiger partial charge >= 0.3 is 5.97 Å². The summed E-state index contributed by atoms with van der Waals surface area (Å²) in [6, 6.07) is 26.3. The quantitative estimate of drug-likeness (QED) is 0.173. The van der Waals surface area contributed by atoms with Crippen molar-refractivity contribution >= 4 is 52.1 Å². The summed E-state index contributed by atoms with van der Waals surface area (Å²) in [5.74, 6) is -0.997. The zero-order valence-electron chi connectivity index (χ0n) is 19.4. The molecule has 7 heteroatoms. The number of hydrogen-bond acceptors (Lipinski definition) is 6. The highest BCUT2D eigenvalue weighted by molar-refractivity contribution is 5.95. The van der Waals surface area contributed by atoms with Gasteiger partial charge in [-0.2, -0.15) is 0 Å². The van der Waals surface area contributed by atoms with Crippen LogP contribution < -0.4 is 21.3 Å². The third-order valence-corrected chi connectivity index (χ3v) is 5.49. The molecular formula is C28H26N4O3. The van der Waals surface area contributed by atoms with Gasteiger partial charge in [0, 0.05) is 52.4 Å². The van der Waals surface area contributed by atoms with Crippen LogP contribution in [0.1, 0.15) is 26.3 Å². The van der Waals surface area contributed by atoms with Crippen LogP contribution in [-0.4, -0.2) is 24.4 Å². The van der Waals surface area contributed by atoms with Crippen molar-refractivity contribution in [2.45, 2.75) is 6.92 Å². The lowest BCUT2D eigenvalue weighted by Crippen LogP contribution is -2.03. The first-order valence-corrected chi connectivity index (χ1v) is 11.1. The average Bonchev–Trinajstić information content (AvgIpc) is 2.87. The minimum absolute atomic E-state index is 0.192. The third-order valence-electron chi connectivity index (χ3n) is 5.49. The molecule has 5 N–H and O–H groups in total. The minimum Gasteiger partial charge on any atom is -0.478 e. The number of carbonyl (C=O) groups excluding carboxylic acids is 1. The van der Waals surface area contributed by atoms with Gasteiger partial charge in [0.05, 0.1) is 5.56 Å². The van der Waals surface area contributed by atoms with Crippen LogP contribution in [0.5, 0.6) is 0 Å². The highest BCUT2D eigenvalue weighted by Gasteiger charge is 2.10. The van der Waals surface area contributed by atoms with E-state index in [2.05, 4.69) is 21.3 Å². The normalized spacial score (nSPS) is 10.3. The van der Waals surface area contributed by atoms with Crippen LogP contribution >= 0.6 is 0 Å². The van der Waals surface area contributed by atoms with E-state index in [1.165, 1.54) is 5.56 Å². The van der Waals surface area contributed by atoms with Crippen molar-refractivity contribution in [3.05, 3.63) is 102 Å². The average molecular weight is 467 g/mol. The molecule has 35 heavy (non-hydrogen) atoms. The molecule has 0 unspecified atom stereocenters. The highest BCUT2D eigenvalue weighted by Crippen LogP contribution is 2.28. The Hall–Kier alpha value is -4.78. The maximum Gasteiger partial charge on any atom is 0.337 e. The summed E-state index contributed by atoms with van der Waals surface area (Å²) in [6.07, 6.45) is 0.827. The molecule has 0 saturated carbocycles. The fourth-order valence-electron chi connectivity index (χ4n) is 3.63. The maximum absolute atomic E-state index is 11.7. The summed E-state index contributed by atoms with van der Waals surface area (Å²) in [5.41, 5.74) is 7.22. The van der Waals surface area contributed by atoms with Gasteiger partial charge in [-0.1, -0.05) is 17.7 Å². The summed E-state index contributed by atoms with van der Waals surface area (Å²) in [4.78, 5) is 23.2. The highest BCUT2D eigenvalue weighted by atomic mass is 16.4. The first kappa shape index (κ1) is 23.4. The molecule has 7 nitrogen and oxygen atoms in total. The molecule has 0 spiro atoms. The van der Waals surface area contributed by atoms with Gasteiger partial charge in [0.25, 0.3) is 0 Å². The molecule has 0 aliphatic heterocycles. The minimum atomic E-state index is -0.997. The number of aryl methyl sites for hydroxylation is 1. The molecule has 4 rings (SSSR count). The number of rotatable bonds is 9. The molecule has 0 aromatic heterocycles. The van der Waals surface area contributed by atoms with E-state index in [4.69, 9.17) is 0 Å². The standard InChI is InChI=1S/C28H26N4O3/c1-18-3-5-20(6-4-18)30-23-11-13-26(19(15-23)17-33)32-22-9-7-21(8-10-22)31-24-12-14-27(29-2)25(16-24)28(34)35/h3-17,29-32H,1-2H3,(H,34,35). The van der Waals surface area contributed by atoms with Gasteiger partial charge < -0.3 is 26.4 Å². The van der Waals surface area contributed by atoms with Crippen LogP contribution in [0.25, 0.3) is 0 Å². The van der Waals surface area contributed by atoms with E-state index in [0.717, 1.165) is 29.0 Å². The van der Waals surface area contributed by atoms with Gasteiger partial charge in [-0.25, -0.2) is 4.79 Å². The van der Waals surface area contributed by atoms with Gasteiger partial charge in [-0.05, 0) is 79.7 Å². The molecule has 4 aromatic rings. The van der Waals surface area contributed by atoms with Crippen LogP contribution in [0.3, 0.4) is 0 Å². The molecule has 4 aromatic carbocycles. The Labute approximate surface area is 203 Å². The number of hydrogen-bond donors (Lipinski definition) is 5. The Bertz CT molecular complexity index is 1350. The van der Waals surface area contributed by atoms with Gasteiger partial charge in [-0.3, -0.25) is 4.79 Å². The molecule has 0 radical (unpaired) electrons. The second kappa shape index (κ2) is 10.4. The van der Waals surface area contributed by atoms with Crippen molar-refractivity contribution in [3.63, 3.8) is 0 Å². The second-order valence-corrected chi connectivity index (χ2v) is 8.05. The lowest BCUT2D eigenvalue weighted by atomic mass is 10.1. The predicted molar refractivity (Wildman–Crippen MR) is 142 cm³/mol. The first-order valence-electron chi connectivity index (χ1n) is 11.1. The van der Waals surface area contributed by atoms with Crippen LogP contribution in [-0.2, 0) is 0 Å². The van der Waals surface area contributed by atoms with Crippen LogP contribution in [0.2, 0.25) is 0 Å². The molecular weight excluding hydrogens is 440 g/mol. The molecule has 0 fully saturated rings. The molecule has 0 saturated heterocycles. The van der Waals surface area contributed by atoms with Crippen molar-refractivity contribution in [1.82, 2.24) is 0 Å². The van der Waals surface area contributed by atoms with Crippen molar-refractivity contribution in [2.24, 2.45) is 0 Å². The molecule has 0 atom stereocenters. The number of aldehydes is 1. The lowest BCUT2D eigenvalue weighted by Gasteiger charge is -2.13. The summed E-state index contributed by atoms with van der Waals surface area (Å²) in [7, 11) is 1.69. The van der Waals surface area contributed by atoms with Crippen molar-refractivity contribution in [2.75, 3.05) is 28.3 Å². The Morgan fingerprint density at radius 2 is 1.17 bits per heavy atom. The van der Waals surface area contributed by atoms with Crippen molar-refractivity contribution in [1.29, 1.82) is 0 Å². The Morgan fingerprint density at radius 3 is 1.71 bits per heavy atom. The van der Waals surface area contributed by atoms with E-state index in [-0.39, 0.29) is 5.56 Å². The number of anilines is 7. The van der Waals surface area contributed by atoms with E-state index >= 15 is 0 Å². The summed E-state index contributed by atoms with van der Waals surface area (Å²) >= 11 is 0. The molecule has 0 heterocycles. The summed E-state index contributed by atoms with van der Waals surface area (Å²) < 4.78 is 0. The molecule has 0 bridgehead atoms.